The van der Waals surface area contributed by atoms with Crippen LogP contribution in [0, 0.1) is 0 Å². The highest BCUT2D eigenvalue weighted by Gasteiger charge is 2.10. The van der Waals surface area contributed by atoms with Gasteiger partial charge in [-0.2, -0.15) is 0 Å². The van der Waals surface area contributed by atoms with Crippen LogP contribution < -0.4 is 15.7 Å². The number of hydrogen-bond donors (Lipinski definition) is 1. The number of ether oxygens (including phenoxy) is 1. The van der Waals surface area contributed by atoms with Crippen molar-refractivity contribution in [3.05, 3.63) is 65.0 Å². The molecular formula is C21H21NO4. The van der Waals surface area contributed by atoms with Crippen LogP contribution in [0.1, 0.15) is 20.3 Å². The molecule has 0 aliphatic carbocycles. The van der Waals surface area contributed by atoms with Crippen LogP contribution in [0.15, 0.2) is 63.8 Å². The lowest BCUT2D eigenvalue weighted by molar-refractivity contribution is -0.123. The van der Waals surface area contributed by atoms with Gasteiger partial charge in [0.05, 0.1) is 0 Å². The highest BCUT2D eigenvalue weighted by Crippen LogP contribution is 2.29. The Balaban J connectivity index is 1.86. The number of hydrogen-bond acceptors (Lipinski definition) is 4. The zero-order valence-electron chi connectivity index (χ0n) is 14.8. The van der Waals surface area contributed by atoms with Crippen LogP contribution >= 0.6 is 0 Å². The Bertz CT molecular complexity index is 963. The van der Waals surface area contributed by atoms with Crippen molar-refractivity contribution in [2.45, 2.75) is 26.3 Å². The molecule has 1 amide bonds. The van der Waals surface area contributed by atoms with Crippen LogP contribution in [0.3, 0.4) is 0 Å². The SMILES string of the molecule is CCC(C)NC(=O)COc1ccc2c(-c3ccccc3)cc(=O)oc2c1. The summed E-state index contributed by atoms with van der Waals surface area (Å²) in [6, 6.07) is 16.5. The van der Waals surface area contributed by atoms with E-state index < -0.39 is 5.63 Å². The molecule has 5 heteroatoms. The van der Waals surface area contributed by atoms with Gasteiger partial charge in [-0.25, -0.2) is 4.79 Å². The average Bonchev–Trinajstić information content (AvgIpc) is 2.66. The fraction of sp³-hybridized carbons (Fsp3) is 0.238. The molecule has 3 aromatic rings. The van der Waals surface area contributed by atoms with Gasteiger partial charge in [0.1, 0.15) is 11.3 Å². The third kappa shape index (κ3) is 4.11. The van der Waals surface area contributed by atoms with Crippen LogP contribution in [0.2, 0.25) is 0 Å². The molecule has 1 N–H and O–H groups in total. The molecule has 0 fully saturated rings. The predicted molar refractivity (Wildman–Crippen MR) is 101 cm³/mol. The maximum absolute atomic E-state index is 11.9. The van der Waals surface area contributed by atoms with Gasteiger partial charge < -0.3 is 14.5 Å². The summed E-state index contributed by atoms with van der Waals surface area (Å²) >= 11 is 0. The summed E-state index contributed by atoms with van der Waals surface area (Å²) in [5, 5.41) is 3.65. The molecule has 1 aromatic heterocycles. The van der Waals surface area contributed by atoms with E-state index in [0.717, 1.165) is 22.9 Å². The highest BCUT2D eigenvalue weighted by molar-refractivity contribution is 5.93. The van der Waals surface area contributed by atoms with Crippen LogP contribution in [0.25, 0.3) is 22.1 Å². The molecule has 134 valence electrons. The third-order valence-electron chi connectivity index (χ3n) is 4.19. The van der Waals surface area contributed by atoms with Crippen LogP contribution in [-0.2, 0) is 4.79 Å². The summed E-state index contributed by atoms with van der Waals surface area (Å²) in [6.45, 7) is 3.85. The molecule has 1 unspecified atom stereocenters. The molecule has 1 heterocycles. The second-order valence-corrected chi connectivity index (χ2v) is 6.17. The summed E-state index contributed by atoms with van der Waals surface area (Å²) < 4.78 is 10.8. The van der Waals surface area contributed by atoms with Gasteiger partial charge in [0.15, 0.2) is 6.61 Å². The van der Waals surface area contributed by atoms with E-state index in [4.69, 9.17) is 9.15 Å². The topological polar surface area (TPSA) is 68.5 Å². The van der Waals surface area contributed by atoms with Gasteiger partial charge in [0.25, 0.3) is 5.91 Å². The smallest absolute Gasteiger partial charge is 0.336 e. The molecular weight excluding hydrogens is 330 g/mol. The largest absolute Gasteiger partial charge is 0.484 e. The second-order valence-electron chi connectivity index (χ2n) is 6.17. The summed E-state index contributed by atoms with van der Waals surface area (Å²) in [7, 11) is 0. The van der Waals surface area contributed by atoms with Crippen molar-refractivity contribution in [2.24, 2.45) is 0 Å². The van der Waals surface area contributed by atoms with Gasteiger partial charge in [-0.15, -0.1) is 0 Å². The normalized spacial score (nSPS) is 11.9. The van der Waals surface area contributed by atoms with Crippen molar-refractivity contribution in [3.8, 4) is 16.9 Å². The van der Waals surface area contributed by atoms with Crippen molar-refractivity contribution in [1.82, 2.24) is 5.32 Å². The number of carbonyl (C=O) groups excluding carboxylic acids is 1. The lowest BCUT2D eigenvalue weighted by atomic mass is 10.0. The number of nitrogens with one attached hydrogen (secondary N) is 1. The van der Waals surface area contributed by atoms with E-state index >= 15 is 0 Å². The summed E-state index contributed by atoms with van der Waals surface area (Å²) in [5.74, 6) is 0.295. The molecule has 0 radical (unpaired) electrons. The fourth-order valence-corrected chi connectivity index (χ4v) is 2.66. The molecule has 5 nitrogen and oxygen atoms in total. The number of carbonyl (C=O) groups is 1. The third-order valence-corrected chi connectivity index (χ3v) is 4.19. The van der Waals surface area contributed by atoms with E-state index in [1.165, 1.54) is 6.07 Å². The summed E-state index contributed by atoms with van der Waals surface area (Å²) in [6.07, 6.45) is 0.856. The second kappa shape index (κ2) is 7.87. The number of amides is 1. The first-order valence-electron chi connectivity index (χ1n) is 8.62. The van der Waals surface area contributed by atoms with Crippen molar-refractivity contribution >= 4 is 16.9 Å². The molecule has 26 heavy (non-hydrogen) atoms. The van der Waals surface area contributed by atoms with Crippen molar-refractivity contribution in [2.75, 3.05) is 6.61 Å². The Morgan fingerprint density at radius 3 is 2.65 bits per heavy atom. The first kappa shape index (κ1) is 17.7. The van der Waals surface area contributed by atoms with Gasteiger partial charge in [-0.3, -0.25) is 4.79 Å². The molecule has 0 spiro atoms. The van der Waals surface area contributed by atoms with Crippen LogP contribution in [0.4, 0.5) is 0 Å². The molecule has 0 aliphatic rings. The number of fused-ring (bicyclic) bond motifs is 1. The predicted octanol–water partition coefficient (Wildman–Crippen LogP) is 3.75. The van der Waals surface area contributed by atoms with Crippen molar-refractivity contribution < 1.29 is 13.9 Å². The summed E-state index contributed by atoms with van der Waals surface area (Å²) in [4.78, 5) is 23.8. The van der Waals surface area contributed by atoms with E-state index in [0.29, 0.717) is 11.3 Å². The first-order chi connectivity index (χ1) is 12.6. The quantitative estimate of drug-likeness (QED) is 0.687. The van der Waals surface area contributed by atoms with Gasteiger partial charge in [-0.05, 0) is 36.6 Å². The molecule has 0 aliphatic heterocycles. The van der Waals surface area contributed by atoms with Gasteiger partial charge >= 0.3 is 5.63 Å². The molecule has 0 bridgehead atoms. The lowest BCUT2D eigenvalue weighted by Gasteiger charge is -2.12. The Morgan fingerprint density at radius 1 is 1.15 bits per heavy atom. The Hall–Kier alpha value is -3.08. The molecule has 2 aromatic carbocycles. The highest BCUT2D eigenvalue weighted by atomic mass is 16.5. The minimum atomic E-state index is -0.428. The number of rotatable bonds is 6. The van der Waals surface area contributed by atoms with Crippen LogP contribution in [0.5, 0.6) is 5.75 Å². The Kier molecular flexibility index (Phi) is 5.37. The average molecular weight is 351 g/mol. The summed E-state index contributed by atoms with van der Waals surface area (Å²) in [5.41, 5.74) is 1.74. The minimum absolute atomic E-state index is 0.0849. The van der Waals surface area contributed by atoms with Crippen molar-refractivity contribution in [1.29, 1.82) is 0 Å². The Labute approximate surface area is 151 Å². The van der Waals surface area contributed by atoms with Crippen LogP contribution in [-0.4, -0.2) is 18.6 Å². The zero-order chi connectivity index (χ0) is 18.5. The van der Waals surface area contributed by atoms with Crippen molar-refractivity contribution in [3.63, 3.8) is 0 Å². The van der Waals surface area contributed by atoms with Gasteiger partial charge in [0, 0.05) is 23.6 Å². The van der Waals surface area contributed by atoms with E-state index in [2.05, 4.69) is 5.32 Å². The van der Waals surface area contributed by atoms with E-state index in [1.807, 2.05) is 50.2 Å². The van der Waals surface area contributed by atoms with E-state index in [1.54, 1.807) is 12.1 Å². The molecule has 3 rings (SSSR count). The fourth-order valence-electron chi connectivity index (χ4n) is 2.66. The van der Waals surface area contributed by atoms with E-state index in [9.17, 15) is 9.59 Å². The maximum Gasteiger partial charge on any atom is 0.336 e. The van der Waals surface area contributed by atoms with Gasteiger partial charge in [0.2, 0.25) is 0 Å². The molecule has 0 saturated carbocycles. The first-order valence-corrected chi connectivity index (χ1v) is 8.62. The minimum Gasteiger partial charge on any atom is -0.484 e. The van der Waals surface area contributed by atoms with Gasteiger partial charge in [-0.1, -0.05) is 37.3 Å². The standard InChI is InChI=1S/C21H21NO4/c1-3-14(2)22-20(23)13-25-16-9-10-17-18(15-7-5-4-6-8-15)12-21(24)26-19(17)11-16/h4-12,14H,3,13H2,1-2H3,(H,22,23). The van der Waals surface area contributed by atoms with E-state index in [-0.39, 0.29) is 18.6 Å². The lowest BCUT2D eigenvalue weighted by Crippen LogP contribution is -2.35. The maximum atomic E-state index is 11.9. The number of benzene rings is 2. The zero-order valence-corrected chi connectivity index (χ0v) is 14.8. The monoisotopic (exact) mass is 351 g/mol. The molecule has 1 atom stereocenters. The molecule has 0 saturated heterocycles. The Morgan fingerprint density at radius 2 is 1.92 bits per heavy atom.